The van der Waals surface area contributed by atoms with E-state index in [0.717, 1.165) is 39.7 Å². The number of benzene rings is 1. The highest BCUT2D eigenvalue weighted by molar-refractivity contribution is 9.10. The number of rotatable bonds is 6. The molecule has 0 spiro atoms. The third-order valence-electron chi connectivity index (χ3n) is 4.33. The molecule has 7 heteroatoms. The smallest absolute Gasteiger partial charge is 0.239 e. The van der Waals surface area contributed by atoms with Gasteiger partial charge in [0, 0.05) is 40.7 Å². The van der Waals surface area contributed by atoms with Crippen molar-refractivity contribution in [1.82, 2.24) is 24.5 Å². The number of amides is 1. The molecule has 132 valence electrons. The fraction of sp³-hybridized carbons (Fsp3) is 0.211. The molecule has 0 aliphatic rings. The fourth-order valence-corrected chi connectivity index (χ4v) is 3.43. The molecule has 0 atom stereocenters. The Bertz CT molecular complexity index is 1070. The molecule has 3 heterocycles. The predicted molar refractivity (Wildman–Crippen MR) is 104 cm³/mol. The number of aryl methyl sites for hydroxylation is 1. The number of halogens is 1. The summed E-state index contributed by atoms with van der Waals surface area (Å²) in [7, 11) is 0. The van der Waals surface area contributed by atoms with E-state index in [9.17, 15) is 4.79 Å². The van der Waals surface area contributed by atoms with Crippen LogP contribution in [-0.4, -0.2) is 31.6 Å². The number of carbonyl (C=O) groups is 1. The lowest BCUT2D eigenvalue weighted by Crippen LogP contribution is -2.28. The Morgan fingerprint density at radius 1 is 1.12 bits per heavy atom. The van der Waals surface area contributed by atoms with Crippen molar-refractivity contribution < 1.29 is 4.79 Å². The van der Waals surface area contributed by atoms with Gasteiger partial charge in [-0.2, -0.15) is 0 Å². The molecule has 1 aromatic carbocycles. The van der Waals surface area contributed by atoms with Gasteiger partial charge in [0.1, 0.15) is 12.4 Å². The van der Waals surface area contributed by atoms with Crippen LogP contribution >= 0.6 is 15.9 Å². The first-order valence-electron chi connectivity index (χ1n) is 8.50. The van der Waals surface area contributed by atoms with E-state index in [-0.39, 0.29) is 5.91 Å². The van der Waals surface area contributed by atoms with Crippen LogP contribution in [-0.2, 0) is 17.8 Å². The number of aromatic nitrogens is 4. The molecule has 0 aliphatic heterocycles. The van der Waals surface area contributed by atoms with Crippen LogP contribution in [0.4, 0.5) is 0 Å². The first-order chi connectivity index (χ1) is 12.7. The Kier molecular flexibility index (Phi) is 4.71. The van der Waals surface area contributed by atoms with Gasteiger partial charge in [0.2, 0.25) is 5.91 Å². The molecule has 4 aromatic rings. The zero-order chi connectivity index (χ0) is 17.9. The first kappa shape index (κ1) is 16.8. The highest BCUT2D eigenvalue weighted by Crippen LogP contribution is 2.20. The lowest BCUT2D eigenvalue weighted by molar-refractivity contribution is -0.121. The average Bonchev–Trinajstić information content (AvgIpc) is 3.23. The van der Waals surface area contributed by atoms with Gasteiger partial charge in [-0.25, -0.2) is 0 Å². The van der Waals surface area contributed by atoms with Crippen molar-refractivity contribution in [3.63, 3.8) is 0 Å². The van der Waals surface area contributed by atoms with E-state index in [1.54, 1.807) is 0 Å². The van der Waals surface area contributed by atoms with E-state index in [2.05, 4.69) is 31.4 Å². The number of nitrogens with one attached hydrogen (secondary N) is 1. The lowest BCUT2D eigenvalue weighted by Gasteiger charge is -2.07. The fourth-order valence-electron chi connectivity index (χ4n) is 3.06. The second-order valence-corrected chi connectivity index (χ2v) is 7.06. The number of carbonyl (C=O) groups excluding carboxylic acids is 1. The van der Waals surface area contributed by atoms with Gasteiger partial charge in [-0.05, 0) is 42.8 Å². The molecule has 0 radical (unpaired) electrons. The van der Waals surface area contributed by atoms with Gasteiger partial charge >= 0.3 is 0 Å². The normalized spacial score (nSPS) is 11.3. The van der Waals surface area contributed by atoms with E-state index < -0.39 is 0 Å². The SMILES string of the molecule is O=C(Cn1ccc2cc(Br)ccc21)NCCCc1nnc2ccccn12. The summed E-state index contributed by atoms with van der Waals surface area (Å²) in [5.41, 5.74) is 1.90. The second kappa shape index (κ2) is 7.29. The maximum absolute atomic E-state index is 12.2. The van der Waals surface area contributed by atoms with Crippen LogP contribution < -0.4 is 5.32 Å². The molecule has 0 fully saturated rings. The molecular formula is C19H18BrN5O. The topological polar surface area (TPSA) is 64.2 Å². The van der Waals surface area contributed by atoms with E-state index in [4.69, 9.17) is 0 Å². The summed E-state index contributed by atoms with van der Waals surface area (Å²) in [5.74, 6) is 0.924. The maximum Gasteiger partial charge on any atom is 0.239 e. The van der Waals surface area contributed by atoms with Crippen LogP contribution in [0.3, 0.4) is 0 Å². The van der Waals surface area contributed by atoms with Crippen LogP contribution in [0.15, 0.2) is 59.3 Å². The second-order valence-electron chi connectivity index (χ2n) is 6.15. The number of hydrogen-bond donors (Lipinski definition) is 1. The molecule has 0 saturated carbocycles. The van der Waals surface area contributed by atoms with Crippen LogP contribution in [0.2, 0.25) is 0 Å². The number of pyridine rings is 1. The van der Waals surface area contributed by atoms with E-state index in [0.29, 0.717) is 13.1 Å². The van der Waals surface area contributed by atoms with E-state index in [1.165, 1.54) is 0 Å². The molecule has 1 amide bonds. The van der Waals surface area contributed by atoms with Gasteiger partial charge in [0.25, 0.3) is 0 Å². The van der Waals surface area contributed by atoms with Crippen molar-refractivity contribution in [3.8, 4) is 0 Å². The van der Waals surface area contributed by atoms with Crippen molar-refractivity contribution in [2.45, 2.75) is 19.4 Å². The van der Waals surface area contributed by atoms with Gasteiger partial charge in [-0.1, -0.05) is 22.0 Å². The van der Waals surface area contributed by atoms with Crippen LogP contribution in [0.5, 0.6) is 0 Å². The molecule has 0 saturated heterocycles. The summed E-state index contributed by atoms with van der Waals surface area (Å²) in [6.45, 7) is 0.935. The zero-order valence-electron chi connectivity index (χ0n) is 14.1. The highest BCUT2D eigenvalue weighted by Gasteiger charge is 2.07. The van der Waals surface area contributed by atoms with E-state index in [1.807, 2.05) is 63.8 Å². The molecule has 4 rings (SSSR count). The third kappa shape index (κ3) is 3.48. The van der Waals surface area contributed by atoms with Gasteiger partial charge in [0.15, 0.2) is 5.65 Å². The highest BCUT2D eigenvalue weighted by atomic mass is 79.9. The molecule has 1 N–H and O–H groups in total. The largest absolute Gasteiger partial charge is 0.355 e. The zero-order valence-corrected chi connectivity index (χ0v) is 15.7. The molecule has 26 heavy (non-hydrogen) atoms. The van der Waals surface area contributed by atoms with Gasteiger partial charge in [-0.3, -0.25) is 9.20 Å². The molecule has 0 aliphatic carbocycles. The van der Waals surface area contributed by atoms with E-state index >= 15 is 0 Å². The van der Waals surface area contributed by atoms with Crippen molar-refractivity contribution in [3.05, 3.63) is 65.2 Å². The molecular weight excluding hydrogens is 394 g/mol. The van der Waals surface area contributed by atoms with Crippen molar-refractivity contribution in [2.75, 3.05) is 6.54 Å². The van der Waals surface area contributed by atoms with Crippen molar-refractivity contribution >= 4 is 38.4 Å². The summed E-state index contributed by atoms with van der Waals surface area (Å²) in [6, 6.07) is 13.9. The Morgan fingerprint density at radius 2 is 2.04 bits per heavy atom. The standard InChI is InChI=1S/C19H18BrN5O/c20-15-6-7-16-14(12-15)8-11-24(16)13-19(26)21-9-3-5-18-23-22-17-4-1-2-10-25(17)18/h1-2,4,6-8,10-12H,3,5,9,13H2,(H,21,26). The van der Waals surface area contributed by atoms with Crippen molar-refractivity contribution in [1.29, 1.82) is 0 Å². The number of nitrogens with zero attached hydrogens (tertiary/aromatic N) is 4. The molecule has 6 nitrogen and oxygen atoms in total. The minimum absolute atomic E-state index is 0.0107. The summed E-state index contributed by atoms with van der Waals surface area (Å²) in [5, 5.41) is 12.4. The minimum Gasteiger partial charge on any atom is -0.355 e. The summed E-state index contributed by atoms with van der Waals surface area (Å²) in [4.78, 5) is 12.2. The average molecular weight is 412 g/mol. The van der Waals surface area contributed by atoms with Crippen LogP contribution in [0, 0.1) is 0 Å². The quantitative estimate of drug-likeness (QED) is 0.495. The summed E-state index contributed by atoms with van der Waals surface area (Å²) >= 11 is 3.47. The number of fused-ring (bicyclic) bond motifs is 2. The Morgan fingerprint density at radius 3 is 2.96 bits per heavy atom. The van der Waals surface area contributed by atoms with Crippen molar-refractivity contribution in [2.24, 2.45) is 0 Å². The monoisotopic (exact) mass is 411 g/mol. The Balaban J connectivity index is 1.30. The van der Waals surface area contributed by atoms with Gasteiger partial charge in [-0.15, -0.1) is 10.2 Å². The van der Waals surface area contributed by atoms with Crippen LogP contribution in [0.25, 0.3) is 16.6 Å². The predicted octanol–water partition coefficient (Wildman–Crippen LogP) is 3.20. The van der Waals surface area contributed by atoms with Crippen LogP contribution in [0.1, 0.15) is 12.2 Å². The lowest BCUT2D eigenvalue weighted by atomic mass is 10.2. The summed E-state index contributed by atoms with van der Waals surface area (Å²) < 4.78 is 4.97. The minimum atomic E-state index is 0.0107. The molecule has 0 unspecified atom stereocenters. The number of hydrogen-bond acceptors (Lipinski definition) is 3. The molecule has 0 bridgehead atoms. The van der Waals surface area contributed by atoms with Gasteiger partial charge < -0.3 is 9.88 Å². The summed E-state index contributed by atoms with van der Waals surface area (Å²) in [6.07, 6.45) is 5.49. The third-order valence-corrected chi connectivity index (χ3v) is 4.82. The maximum atomic E-state index is 12.2. The Hall–Kier alpha value is -2.67. The van der Waals surface area contributed by atoms with Gasteiger partial charge in [0.05, 0.1) is 0 Å². The Labute approximate surface area is 159 Å². The first-order valence-corrected chi connectivity index (χ1v) is 9.30. The molecule has 3 aromatic heterocycles.